The first-order valence-electron chi connectivity index (χ1n) is 4.28. The number of hydrogen-bond donors (Lipinski definition) is 0. The van der Waals surface area contributed by atoms with Crippen LogP contribution < -0.4 is 0 Å². The molecule has 1 aromatic rings. The number of phosphoric ester groups is 1. The van der Waals surface area contributed by atoms with Crippen molar-refractivity contribution in [3.63, 3.8) is 0 Å². The molecule has 1 heterocycles. The Kier molecular flexibility index (Phi) is 2.53. The molecule has 0 spiro atoms. The van der Waals surface area contributed by atoms with E-state index < -0.39 is 19.8 Å². The Labute approximate surface area is 90.7 Å². The number of carbonyl (C=O) groups excluding carboxylic acids is 2. The summed E-state index contributed by atoms with van der Waals surface area (Å²) in [7, 11) is -3.12. The van der Waals surface area contributed by atoms with E-state index in [1.54, 1.807) is 0 Å². The van der Waals surface area contributed by atoms with Gasteiger partial charge in [0.1, 0.15) is 0 Å². The van der Waals surface area contributed by atoms with Crippen LogP contribution in [0.25, 0.3) is 0 Å². The van der Waals surface area contributed by atoms with Crippen LogP contribution in [-0.2, 0) is 18.1 Å². The Morgan fingerprint density at radius 1 is 1.12 bits per heavy atom. The van der Waals surface area contributed by atoms with Crippen LogP contribution in [0.15, 0.2) is 24.3 Å². The van der Waals surface area contributed by atoms with E-state index in [9.17, 15) is 14.2 Å². The predicted molar refractivity (Wildman–Crippen MR) is 51.9 cm³/mol. The molecule has 0 saturated heterocycles. The molecular weight excluding hydrogens is 235 g/mol. The minimum Gasteiger partial charge on any atom is -0.357 e. The molecule has 0 atom stereocenters. The highest BCUT2D eigenvalue weighted by Crippen LogP contribution is 2.50. The van der Waals surface area contributed by atoms with Crippen molar-refractivity contribution in [2.45, 2.75) is 0 Å². The van der Waals surface area contributed by atoms with Gasteiger partial charge in [-0.05, 0) is 18.2 Å². The lowest BCUT2D eigenvalue weighted by atomic mass is 10.1. The van der Waals surface area contributed by atoms with Crippen LogP contribution in [0, 0.1) is 0 Å². The van der Waals surface area contributed by atoms with Gasteiger partial charge in [-0.2, -0.15) is 0 Å². The van der Waals surface area contributed by atoms with Crippen LogP contribution >= 0.6 is 7.82 Å². The molecule has 1 aromatic carbocycles. The molecule has 0 aliphatic carbocycles. The third kappa shape index (κ3) is 1.85. The van der Waals surface area contributed by atoms with Crippen molar-refractivity contribution in [1.82, 2.24) is 0 Å². The maximum atomic E-state index is 11.6. The normalized spacial score (nSPS) is 18.1. The summed E-state index contributed by atoms with van der Waals surface area (Å²) in [6.07, 6.45) is 0. The summed E-state index contributed by atoms with van der Waals surface area (Å²) in [4.78, 5) is 22.9. The van der Waals surface area contributed by atoms with Crippen molar-refractivity contribution in [1.29, 1.82) is 0 Å². The van der Waals surface area contributed by atoms with Crippen molar-refractivity contribution in [2.24, 2.45) is 0 Å². The summed E-state index contributed by atoms with van der Waals surface area (Å²) in [6, 6.07) is 5.66. The minimum absolute atomic E-state index is 0.117. The third-order valence-corrected chi connectivity index (χ3v) is 3.17. The van der Waals surface area contributed by atoms with Gasteiger partial charge in [-0.25, -0.2) is 14.2 Å². The molecule has 1 aliphatic rings. The molecule has 2 rings (SSSR count). The lowest BCUT2D eigenvalue weighted by molar-refractivity contribution is 0.0531. The maximum Gasteiger partial charge on any atom is 0.592 e. The van der Waals surface area contributed by atoms with Crippen molar-refractivity contribution >= 4 is 19.8 Å². The van der Waals surface area contributed by atoms with E-state index in [-0.39, 0.29) is 11.1 Å². The van der Waals surface area contributed by atoms with Gasteiger partial charge >= 0.3 is 19.8 Å². The molecule has 7 heteroatoms. The number of benzene rings is 1. The first-order chi connectivity index (χ1) is 7.54. The fraction of sp³-hybridized carbons (Fsp3) is 0.111. The second kappa shape index (κ2) is 3.73. The van der Waals surface area contributed by atoms with Crippen LogP contribution in [-0.4, -0.2) is 19.0 Å². The molecule has 6 nitrogen and oxygen atoms in total. The van der Waals surface area contributed by atoms with E-state index >= 15 is 0 Å². The van der Waals surface area contributed by atoms with Gasteiger partial charge in [0.2, 0.25) is 0 Å². The topological polar surface area (TPSA) is 78.9 Å². The Bertz CT molecular complexity index is 471. The number of hydrogen-bond acceptors (Lipinski definition) is 6. The molecule has 0 saturated carbocycles. The standard InChI is InChI=1S/C9H7O6P/c1-13-16(12)14-8(10)6-3-2-4-7(5-6)9(11)15-16/h2-5H,1H3. The smallest absolute Gasteiger partial charge is 0.357 e. The third-order valence-electron chi connectivity index (χ3n) is 1.95. The average Bonchev–Trinajstić information content (AvgIpc) is 2.28. The molecule has 16 heavy (non-hydrogen) atoms. The van der Waals surface area contributed by atoms with Gasteiger partial charge in [0.05, 0.1) is 11.1 Å². The molecule has 84 valence electrons. The highest BCUT2D eigenvalue weighted by atomic mass is 31.2. The van der Waals surface area contributed by atoms with E-state index in [1.807, 2.05) is 0 Å². The van der Waals surface area contributed by atoms with Crippen molar-refractivity contribution < 1.29 is 27.7 Å². The average molecular weight is 242 g/mol. The highest BCUT2D eigenvalue weighted by Gasteiger charge is 2.36. The second-order valence-electron chi connectivity index (χ2n) is 2.97. The van der Waals surface area contributed by atoms with Crippen molar-refractivity contribution in [2.75, 3.05) is 7.11 Å². The minimum atomic E-state index is -4.15. The van der Waals surface area contributed by atoms with Crippen LogP contribution in [0.2, 0.25) is 0 Å². The van der Waals surface area contributed by atoms with Gasteiger partial charge in [-0.1, -0.05) is 6.07 Å². The SMILES string of the molecule is COP1(=O)OC(=O)c2cccc(c2)C(=O)O1. The summed E-state index contributed by atoms with van der Waals surface area (Å²) in [6.45, 7) is 0. The van der Waals surface area contributed by atoms with Crippen LogP contribution in [0.5, 0.6) is 0 Å². The molecule has 0 fully saturated rings. The van der Waals surface area contributed by atoms with Gasteiger partial charge in [0.25, 0.3) is 0 Å². The van der Waals surface area contributed by atoms with Gasteiger partial charge in [-0.15, -0.1) is 0 Å². The zero-order valence-electron chi connectivity index (χ0n) is 8.21. The summed E-state index contributed by atoms with van der Waals surface area (Å²) in [5.41, 5.74) is 0.234. The number of fused-ring (bicyclic) bond motifs is 2. The molecular formula is C9H7O6P. The summed E-state index contributed by atoms with van der Waals surface area (Å²) >= 11 is 0. The largest absolute Gasteiger partial charge is 0.592 e. The molecule has 1 aliphatic heterocycles. The Hall–Kier alpha value is -1.65. The van der Waals surface area contributed by atoms with E-state index in [2.05, 4.69) is 13.6 Å². The van der Waals surface area contributed by atoms with Gasteiger partial charge in [0, 0.05) is 7.11 Å². The second-order valence-corrected chi connectivity index (χ2v) is 4.59. The zero-order chi connectivity index (χ0) is 11.8. The van der Waals surface area contributed by atoms with Crippen LogP contribution in [0.3, 0.4) is 0 Å². The first kappa shape index (κ1) is 10.9. The van der Waals surface area contributed by atoms with Gasteiger partial charge in [0.15, 0.2) is 0 Å². The summed E-state index contributed by atoms with van der Waals surface area (Å²) < 4.78 is 25.0. The number of carbonyl (C=O) groups is 2. The highest BCUT2D eigenvalue weighted by molar-refractivity contribution is 7.49. The van der Waals surface area contributed by atoms with E-state index in [1.165, 1.54) is 24.3 Å². The fourth-order valence-corrected chi connectivity index (χ4v) is 1.98. The monoisotopic (exact) mass is 242 g/mol. The van der Waals surface area contributed by atoms with Gasteiger partial charge < -0.3 is 9.05 Å². The predicted octanol–water partition coefficient (Wildman–Crippen LogP) is 1.77. The molecule has 0 aromatic heterocycles. The molecule has 2 bridgehead atoms. The lowest BCUT2D eigenvalue weighted by Crippen LogP contribution is -2.14. The van der Waals surface area contributed by atoms with E-state index in [0.29, 0.717) is 0 Å². The van der Waals surface area contributed by atoms with Crippen LogP contribution in [0.1, 0.15) is 20.7 Å². The van der Waals surface area contributed by atoms with Crippen molar-refractivity contribution in [3.8, 4) is 0 Å². The lowest BCUT2D eigenvalue weighted by Gasteiger charge is -2.17. The summed E-state index contributed by atoms with van der Waals surface area (Å²) in [5, 5.41) is 0. The fourth-order valence-electron chi connectivity index (χ4n) is 1.17. The quantitative estimate of drug-likeness (QED) is 0.698. The van der Waals surface area contributed by atoms with E-state index in [4.69, 9.17) is 0 Å². The molecule has 0 N–H and O–H groups in total. The summed E-state index contributed by atoms with van der Waals surface area (Å²) in [5.74, 6) is -1.72. The Morgan fingerprint density at radius 2 is 1.62 bits per heavy atom. The maximum absolute atomic E-state index is 11.6. The number of phosphoric acid groups is 1. The molecule has 0 amide bonds. The Morgan fingerprint density at radius 3 is 2.06 bits per heavy atom. The van der Waals surface area contributed by atoms with Gasteiger partial charge in [-0.3, -0.25) is 4.52 Å². The number of rotatable bonds is 1. The Balaban J connectivity index is 2.52. The first-order valence-corrected chi connectivity index (χ1v) is 5.74. The molecule has 0 radical (unpaired) electrons. The van der Waals surface area contributed by atoms with Crippen molar-refractivity contribution in [3.05, 3.63) is 35.4 Å². The molecule has 0 unspecified atom stereocenters. The zero-order valence-corrected chi connectivity index (χ0v) is 9.10. The van der Waals surface area contributed by atoms with Crippen LogP contribution in [0.4, 0.5) is 0 Å². The van der Waals surface area contributed by atoms with E-state index in [0.717, 1.165) is 7.11 Å².